The lowest BCUT2D eigenvalue weighted by Gasteiger charge is -2.10. The summed E-state index contributed by atoms with van der Waals surface area (Å²) >= 11 is 0. The van der Waals surface area contributed by atoms with Crippen LogP contribution in [0.5, 0.6) is 0 Å². The van der Waals surface area contributed by atoms with Crippen molar-refractivity contribution in [3.8, 4) is 0 Å². The van der Waals surface area contributed by atoms with Gasteiger partial charge in [0.1, 0.15) is 23.5 Å². The minimum absolute atomic E-state index is 0.0112. The molecule has 0 spiro atoms. The van der Waals surface area contributed by atoms with Crippen LogP contribution in [0.1, 0.15) is 12.5 Å². The summed E-state index contributed by atoms with van der Waals surface area (Å²) in [4.78, 5) is 27.9. The molecule has 1 heterocycles. The Morgan fingerprint density at radius 3 is 2.66 bits per heavy atom. The highest BCUT2D eigenvalue weighted by Gasteiger charge is 2.31. The molecule has 29 heavy (non-hydrogen) atoms. The van der Waals surface area contributed by atoms with E-state index in [-0.39, 0.29) is 16.4 Å². The fourth-order valence-electron chi connectivity index (χ4n) is 2.51. The second kappa shape index (κ2) is 7.95. The Bertz CT molecular complexity index is 1120. The van der Waals surface area contributed by atoms with E-state index in [0.29, 0.717) is 11.6 Å². The normalized spacial score (nSPS) is 16.6. The van der Waals surface area contributed by atoms with Gasteiger partial charge >= 0.3 is 5.97 Å². The molecule has 0 aliphatic carbocycles. The van der Waals surface area contributed by atoms with Crippen LogP contribution >= 0.6 is 0 Å². The quantitative estimate of drug-likeness (QED) is 0.709. The van der Waals surface area contributed by atoms with E-state index in [9.17, 15) is 26.8 Å². The van der Waals surface area contributed by atoms with Crippen molar-refractivity contribution in [1.82, 2.24) is 4.72 Å². The van der Waals surface area contributed by atoms with Crippen LogP contribution in [0.15, 0.2) is 52.4 Å². The molecule has 0 bridgehead atoms. The van der Waals surface area contributed by atoms with Crippen molar-refractivity contribution in [1.29, 1.82) is 0 Å². The summed E-state index contributed by atoms with van der Waals surface area (Å²) in [5, 5.41) is 2.14. The number of benzene rings is 2. The maximum Gasteiger partial charge on any atom is 0.331 e. The van der Waals surface area contributed by atoms with Crippen LogP contribution in [0, 0.1) is 11.6 Å². The molecule has 0 aromatic heterocycles. The minimum atomic E-state index is -3.75. The standard InChI is InChI=1S/C18H15F2N3O5S/c1-10(21-17-12-4-2-3-5-15(12)29(26,27)23-17)18(25)28-9-16(24)22-14-7-6-11(19)8-13(14)20/h2-8,10H,9H2,1H3,(H,21,23)(H,22,24)/t10-/m0/s1. The van der Waals surface area contributed by atoms with Gasteiger partial charge in [0.2, 0.25) is 0 Å². The van der Waals surface area contributed by atoms with Gasteiger partial charge in [0, 0.05) is 11.6 Å². The number of hydrogen-bond donors (Lipinski definition) is 2. The molecule has 1 aliphatic heterocycles. The van der Waals surface area contributed by atoms with Crippen LogP contribution in [0.25, 0.3) is 0 Å². The van der Waals surface area contributed by atoms with Gasteiger partial charge in [-0.15, -0.1) is 0 Å². The zero-order valence-corrected chi connectivity index (χ0v) is 15.8. The van der Waals surface area contributed by atoms with Gasteiger partial charge < -0.3 is 10.1 Å². The van der Waals surface area contributed by atoms with Gasteiger partial charge in [-0.1, -0.05) is 12.1 Å². The maximum atomic E-state index is 13.5. The summed E-state index contributed by atoms with van der Waals surface area (Å²) in [6, 6.07) is 7.59. The molecule has 8 nitrogen and oxygen atoms in total. The predicted molar refractivity (Wildman–Crippen MR) is 98.7 cm³/mol. The minimum Gasteiger partial charge on any atom is -0.454 e. The molecule has 2 N–H and O–H groups in total. The Labute approximate surface area is 164 Å². The first-order chi connectivity index (χ1) is 13.7. The second-order valence-electron chi connectivity index (χ2n) is 6.04. The smallest absolute Gasteiger partial charge is 0.331 e. The first-order valence-corrected chi connectivity index (χ1v) is 9.77. The lowest BCUT2D eigenvalue weighted by atomic mass is 10.2. The van der Waals surface area contributed by atoms with Crippen LogP contribution in [0.3, 0.4) is 0 Å². The Kier molecular flexibility index (Phi) is 5.59. The van der Waals surface area contributed by atoms with E-state index >= 15 is 0 Å². The molecule has 0 unspecified atom stereocenters. The van der Waals surface area contributed by atoms with E-state index in [1.54, 1.807) is 12.1 Å². The first kappa shape index (κ1) is 20.4. The van der Waals surface area contributed by atoms with Gasteiger partial charge in [-0.2, -0.15) is 0 Å². The summed E-state index contributed by atoms with van der Waals surface area (Å²) in [5.41, 5.74) is 0.0504. The first-order valence-electron chi connectivity index (χ1n) is 8.29. The molecule has 0 radical (unpaired) electrons. The molecular weight excluding hydrogens is 408 g/mol. The van der Waals surface area contributed by atoms with E-state index in [2.05, 4.69) is 15.0 Å². The number of esters is 1. The third kappa shape index (κ3) is 4.57. The van der Waals surface area contributed by atoms with Gasteiger partial charge in [-0.25, -0.2) is 22.0 Å². The number of ether oxygens (including phenoxy) is 1. The van der Waals surface area contributed by atoms with Gasteiger partial charge in [-0.05, 0) is 31.2 Å². The zero-order chi connectivity index (χ0) is 21.2. The molecule has 1 atom stereocenters. The number of carbonyl (C=O) groups is 2. The number of anilines is 1. The van der Waals surface area contributed by atoms with Gasteiger partial charge in [0.25, 0.3) is 15.9 Å². The number of halogens is 2. The molecule has 11 heteroatoms. The summed E-state index contributed by atoms with van der Waals surface area (Å²) < 4.78 is 57.5. The van der Waals surface area contributed by atoms with E-state index in [0.717, 1.165) is 12.1 Å². The van der Waals surface area contributed by atoms with Crippen LogP contribution in [0.4, 0.5) is 14.5 Å². The van der Waals surface area contributed by atoms with Crippen molar-refractivity contribution in [2.45, 2.75) is 17.9 Å². The Morgan fingerprint density at radius 1 is 1.21 bits per heavy atom. The number of hydrogen-bond acceptors (Lipinski definition) is 6. The summed E-state index contributed by atoms with van der Waals surface area (Å²) in [7, 11) is -3.75. The van der Waals surface area contributed by atoms with Gasteiger partial charge in [0.15, 0.2) is 6.61 Å². The highest BCUT2D eigenvalue weighted by molar-refractivity contribution is 7.90. The van der Waals surface area contributed by atoms with Crippen molar-refractivity contribution in [3.63, 3.8) is 0 Å². The number of amides is 1. The highest BCUT2D eigenvalue weighted by Crippen LogP contribution is 2.22. The number of rotatable bonds is 5. The zero-order valence-electron chi connectivity index (χ0n) is 15.0. The van der Waals surface area contributed by atoms with Crippen LogP contribution in [-0.2, 0) is 24.3 Å². The van der Waals surface area contributed by atoms with E-state index in [1.807, 2.05) is 0 Å². The maximum absolute atomic E-state index is 13.5. The SMILES string of the molecule is C[C@H](N=C1NS(=O)(=O)c2ccccc21)C(=O)OCC(=O)Nc1ccc(F)cc1F. The molecule has 2 aromatic rings. The number of carbonyl (C=O) groups excluding carboxylic acids is 2. The largest absolute Gasteiger partial charge is 0.454 e. The number of sulfonamides is 1. The Hall–Kier alpha value is -3.34. The summed E-state index contributed by atoms with van der Waals surface area (Å²) in [6.45, 7) is 0.634. The molecule has 0 fully saturated rings. The van der Waals surface area contributed by atoms with Crippen molar-refractivity contribution in [2.24, 2.45) is 4.99 Å². The van der Waals surface area contributed by atoms with E-state index < -0.39 is 46.2 Å². The van der Waals surface area contributed by atoms with Gasteiger partial charge in [0.05, 0.1) is 10.6 Å². The molecular formula is C18H15F2N3O5S. The topological polar surface area (TPSA) is 114 Å². The monoisotopic (exact) mass is 423 g/mol. The Balaban J connectivity index is 1.61. The number of aliphatic imine (C=N–C) groups is 1. The molecule has 1 aliphatic rings. The second-order valence-corrected chi connectivity index (χ2v) is 7.69. The number of nitrogens with zero attached hydrogens (tertiary/aromatic N) is 1. The van der Waals surface area contributed by atoms with Crippen molar-refractivity contribution in [3.05, 3.63) is 59.7 Å². The van der Waals surface area contributed by atoms with Crippen LogP contribution in [-0.4, -0.2) is 38.8 Å². The average Bonchev–Trinajstić information content (AvgIpc) is 2.92. The van der Waals surface area contributed by atoms with Crippen molar-refractivity contribution < 1.29 is 31.5 Å². The van der Waals surface area contributed by atoms with E-state index in [4.69, 9.17) is 4.74 Å². The molecule has 1 amide bonds. The molecule has 0 saturated heterocycles. The third-order valence-corrected chi connectivity index (χ3v) is 5.27. The molecule has 3 rings (SSSR count). The van der Waals surface area contributed by atoms with Crippen molar-refractivity contribution in [2.75, 3.05) is 11.9 Å². The average molecular weight is 423 g/mol. The predicted octanol–water partition coefficient (Wildman–Crippen LogP) is 1.57. The summed E-state index contributed by atoms with van der Waals surface area (Å²) in [6.07, 6.45) is 0. The van der Waals surface area contributed by atoms with Gasteiger partial charge in [-0.3, -0.25) is 14.5 Å². The lowest BCUT2D eigenvalue weighted by Crippen LogP contribution is -2.29. The third-order valence-electron chi connectivity index (χ3n) is 3.88. The number of nitrogens with one attached hydrogen (secondary N) is 2. The van der Waals surface area contributed by atoms with Crippen molar-refractivity contribution >= 4 is 33.4 Å². The summed E-state index contributed by atoms with van der Waals surface area (Å²) in [5.74, 6) is -3.52. The lowest BCUT2D eigenvalue weighted by molar-refractivity contribution is -0.148. The fourth-order valence-corrected chi connectivity index (χ4v) is 3.75. The van der Waals surface area contributed by atoms with Crippen LogP contribution < -0.4 is 10.0 Å². The highest BCUT2D eigenvalue weighted by atomic mass is 32.2. The number of fused-ring (bicyclic) bond motifs is 1. The van der Waals surface area contributed by atoms with Crippen LogP contribution in [0.2, 0.25) is 0 Å². The fraction of sp³-hybridized carbons (Fsp3) is 0.167. The Morgan fingerprint density at radius 2 is 1.93 bits per heavy atom. The van der Waals surface area contributed by atoms with E-state index in [1.165, 1.54) is 19.1 Å². The molecule has 2 aromatic carbocycles. The number of amidine groups is 1. The molecule has 152 valence electrons. The molecule has 0 saturated carbocycles.